The van der Waals surface area contributed by atoms with Gasteiger partial charge in [0.1, 0.15) is 0 Å². The van der Waals surface area contributed by atoms with Crippen molar-refractivity contribution in [3.05, 3.63) is 64.7 Å². The minimum Gasteiger partial charge on any atom is -0.475 e. The van der Waals surface area contributed by atoms with Crippen LogP contribution in [0.2, 0.25) is 0 Å². The Morgan fingerprint density at radius 1 is 1.03 bits per heavy atom. The number of aryl methyl sites for hydroxylation is 2. The van der Waals surface area contributed by atoms with Crippen LogP contribution in [0, 0.1) is 13.8 Å². The van der Waals surface area contributed by atoms with Gasteiger partial charge in [0, 0.05) is 18.3 Å². The SMILES string of the molecule is CCN(Cc1ccc(C(=O)OCC(=O)Nc2c(C)cccc2C)cc1)C(C)C.O=C(O)C(F)(F)F. The Bertz CT molecular complexity index is 985. The van der Waals surface area contributed by atoms with Crippen molar-refractivity contribution in [2.75, 3.05) is 18.5 Å². The molecule has 35 heavy (non-hydrogen) atoms. The second-order valence-corrected chi connectivity index (χ2v) is 8.05. The number of alkyl halides is 3. The number of nitrogens with one attached hydrogen (secondary N) is 1. The number of carboxylic acids is 1. The molecule has 0 spiro atoms. The summed E-state index contributed by atoms with van der Waals surface area (Å²) in [6.45, 7) is 11.8. The van der Waals surface area contributed by atoms with E-state index in [0.717, 1.165) is 35.5 Å². The smallest absolute Gasteiger partial charge is 0.475 e. The van der Waals surface area contributed by atoms with Gasteiger partial charge in [-0.1, -0.05) is 37.3 Å². The monoisotopic (exact) mass is 496 g/mol. The van der Waals surface area contributed by atoms with E-state index in [2.05, 4.69) is 31.0 Å². The Labute approximate surface area is 202 Å². The van der Waals surface area contributed by atoms with E-state index in [0.29, 0.717) is 11.6 Å². The lowest BCUT2D eigenvalue weighted by Crippen LogP contribution is -2.29. The van der Waals surface area contributed by atoms with Gasteiger partial charge in [0.15, 0.2) is 6.61 Å². The minimum atomic E-state index is -5.08. The maximum Gasteiger partial charge on any atom is 0.490 e. The van der Waals surface area contributed by atoms with Gasteiger partial charge in [-0.25, -0.2) is 9.59 Å². The van der Waals surface area contributed by atoms with Crippen molar-refractivity contribution in [2.24, 2.45) is 0 Å². The number of benzene rings is 2. The molecule has 0 aliphatic carbocycles. The summed E-state index contributed by atoms with van der Waals surface area (Å²) in [6, 6.07) is 13.6. The van der Waals surface area contributed by atoms with Crippen LogP contribution in [0.15, 0.2) is 42.5 Å². The van der Waals surface area contributed by atoms with Crippen molar-refractivity contribution >= 4 is 23.5 Å². The highest BCUT2D eigenvalue weighted by molar-refractivity contribution is 5.96. The Morgan fingerprint density at radius 2 is 1.54 bits per heavy atom. The van der Waals surface area contributed by atoms with Gasteiger partial charge in [-0.05, 0) is 63.1 Å². The van der Waals surface area contributed by atoms with Crippen LogP contribution in [-0.2, 0) is 20.9 Å². The van der Waals surface area contributed by atoms with Gasteiger partial charge in [0.05, 0.1) is 5.56 Å². The van der Waals surface area contributed by atoms with E-state index in [4.69, 9.17) is 14.6 Å². The second-order valence-electron chi connectivity index (χ2n) is 8.05. The molecule has 0 saturated carbocycles. The number of amides is 1. The summed E-state index contributed by atoms with van der Waals surface area (Å²) in [4.78, 5) is 35.6. The van der Waals surface area contributed by atoms with Gasteiger partial charge in [-0.2, -0.15) is 13.2 Å². The lowest BCUT2D eigenvalue weighted by atomic mass is 10.1. The topological polar surface area (TPSA) is 95.9 Å². The summed E-state index contributed by atoms with van der Waals surface area (Å²) in [5, 5.41) is 9.94. The molecular formula is C25H31F3N2O5. The number of nitrogens with zero attached hydrogens (tertiary/aromatic N) is 1. The van der Waals surface area contributed by atoms with Crippen molar-refractivity contribution in [3.63, 3.8) is 0 Å². The molecule has 192 valence electrons. The first-order chi connectivity index (χ1) is 16.3. The van der Waals surface area contributed by atoms with Crippen LogP contribution < -0.4 is 5.32 Å². The van der Waals surface area contributed by atoms with Crippen molar-refractivity contribution in [1.82, 2.24) is 4.90 Å². The number of carboxylic acid groups (broad SMARTS) is 1. The van der Waals surface area contributed by atoms with Gasteiger partial charge in [-0.15, -0.1) is 0 Å². The lowest BCUT2D eigenvalue weighted by Gasteiger charge is -2.24. The first-order valence-corrected chi connectivity index (χ1v) is 10.9. The molecule has 0 radical (unpaired) electrons. The van der Waals surface area contributed by atoms with Crippen LogP contribution >= 0.6 is 0 Å². The molecule has 2 aromatic rings. The van der Waals surface area contributed by atoms with Crippen molar-refractivity contribution in [3.8, 4) is 0 Å². The molecule has 2 aromatic carbocycles. The van der Waals surface area contributed by atoms with Crippen LogP contribution in [0.5, 0.6) is 0 Å². The Kier molecular flexibility index (Phi) is 11.4. The number of carbonyl (C=O) groups is 3. The Hall–Kier alpha value is -3.40. The number of hydrogen-bond acceptors (Lipinski definition) is 5. The highest BCUT2D eigenvalue weighted by atomic mass is 19.4. The first kappa shape index (κ1) is 29.6. The van der Waals surface area contributed by atoms with Gasteiger partial charge >= 0.3 is 18.1 Å². The highest BCUT2D eigenvalue weighted by Crippen LogP contribution is 2.19. The van der Waals surface area contributed by atoms with E-state index in [1.807, 2.05) is 44.2 Å². The molecule has 0 heterocycles. The van der Waals surface area contributed by atoms with Gasteiger partial charge in [-0.3, -0.25) is 9.69 Å². The lowest BCUT2D eigenvalue weighted by molar-refractivity contribution is -0.192. The molecule has 1 amide bonds. The maximum absolute atomic E-state index is 12.2. The van der Waals surface area contributed by atoms with Crippen LogP contribution in [0.4, 0.5) is 18.9 Å². The average molecular weight is 497 g/mol. The molecule has 0 bridgehead atoms. The number of rotatable bonds is 8. The molecular weight excluding hydrogens is 465 g/mol. The zero-order valence-corrected chi connectivity index (χ0v) is 20.4. The quantitative estimate of drug-likeness (QED) is 0.502. The van der Waals surface area contributed by atoms with E-state index in [9.17, 15) is 22.8 Å². The van der Waals surface area contributed by atoms with Crippen LogP contribution in [0.25, 0.3) is 0 Å². The predicted molar refractivity (Wildman–Crippen MR) is 126 cm³/mol. The zero-order chi connectivity index (χ0) is 26.8. The number of esters is 1. The third-order valence-electron chi connectivity index (χ3n) is 5.03. The van der Waals surface area contributed by atoms with E-state index in [1.165, 1.54) is 0 Å². The third-order valence-corrected chi connectivity index (χ3v) is 5.03. The minimum absolute atomic E-state index is 0.314. The van der Waals surface area contributed by atoms with Gasteiger partial charge in [0.25, 0.3) is 5.91 Å². The van der Waals surface area contributed by atoms with Crippen molar-refractivity contribution in [1.29, 1.82) is 0 Å². The molecule has 0 fully saturated rings. The summed E-state index contributed by atoms with van der Waals surface area (Å²) < 4.78 is 36.9. The molecule has 0 atom stereocenters. The summed E-state index contributed by atoms with van der Waals surface area (Å²) in [5.74, 6) is -3.61. The van der Waals surface area contributed by atoms with Gasteiger partial charge < -0.3 is 15.2 Å². The van der Waals surface area contributed by atoms with Crippen LogP contribution in [0.3, 0.4) is 0 Å². The summed E-state index contributed by atoms with van der Waals surface area (Å²) in [5.41, 5.74) is 4.28. The van der Waals surface area contributed by atoms with E-state index in [-0.39, 0.29) is 12.5 Å². The molecule has 10 heteroatoms. The Morgan fingerprint density at radius 3 is 1.97 bits per heavy atom. The normalized spacial score (nSPS) is 11.0. The molecule has 2 N–H and O–H groups in total. The fourth-order valence-corrected chi connectivity index (χ4v) is 3.04. The van der Waals surface area contributed by atoms with E-state index in [1.54, 1.807) is 12.1 Å². The number of ether oxygens (including phenoxy) is 1. The fraction of sp³-hybridized carbons (Fsp3) is 0.400. The first-order valence-electron chi connectivity index (χ1n) is 10.9. The number of carbonyl (C=O) groups excluding carboxylic acids is 2. The molecule has 0 unspecified atom stereocenters. The number of anilines is 1. The number of aliphatic carboxylic acids is 1. The zero-order valence-electron chi connectivity index (χ0n) is 20.4. The number of hydrogen-bond donors (Lipinski definition) is 2. The Balaban J connectivity index is 0.000000762. The fourth-order valence-electron chi connectivity index (χ4n) is 3.04. The second kappa shape index (κ2) is 13.5. The maximum atomic E-state index is 12.2. The number of halogens is 3. The van der Waals surface area contributed by atoms with Gasteiger partial charge in [0.2, 0.25) is 0 Å². The average Bonchev–Trinajstić information content (AvgIpc) is 2.78. The largest absolute Gasteiger partial charge is 0.490 e. The molecule has 0 aliphatic heterocycles. The predicted octanol–water partition coefficient (Wildman–Crippen LogP) is 4.96. The molecule has 0 saturated heterocycles. The van der Waals surface area contributed by atoms with E-state index >= 15 is 0 Å². The third kappa shape index (κ3) is 10.2. The standard InChI is InChI=1S/C23H30N2O3.C2HF3O2/c1-6-25(16(2)3)14-19-10-12-20(13-11-19)23(27)28-15-21(26)24-22-17(4)8-7-9-18(22)5;3-2(4,5)1(6)7/h7-13,16H,6,14-15H2,1-5H3,(H,24,26);(H,6,7). The van der Waals surface area contributed by atoms with Crippen molar-refractivity contribution in [2.45, 2.75) is 53.4 Å². The highest BCUT2D eigenvalue weighted by Gasteiger charge is 2.38. The molecule has 7 nitrogen and oxygen atoms in total. The van der Waals surface area contributed by atoms with Crippen LogP contribution in [0.1, 0.15) is 47.8 Å². The number of para-hydroxylation sites is 1. The van der Waals surface area contributed by atoms with E-state index < -0.39 is 18.1 Å². The molecule has 0 aromatic heterocycles. The molecule has 0 aliphatic rings. The van der Waals surface area contributed by atoms with Crippen molar-refractivity contribution < 1.29 is 37.4 Å². The summed E-state index contributed by atoms with van der Waals surface area (Å²) >= 11 is 0. The molecule has 2 rings (SSSR count). The summed E-state index contributed by atoms with van der Waals surface area (Å²) in [7, 11) is 0. The van der Waals surface area contributed by atoms with Crippen LogP contribution in [-0.4, -0.2) is 53.2 Å². The summed E-state index contributed by atoms with van der Waals surface area (Å²) in [6.07, 6.45) is -5.08.